The average Bonchev–Trinajstić information content (AvgIpc) is 3.16. The highest BCUT2D eigenvalue weighted by atomic mass is 32.1. The molecular formula is C16H24OS. The maximum Gasteiger partial charge on any atom is 0.136 e. The predicted octanol–water partition coefficient (Wildman–Crippen LogP) is 4.01. The van der Waals surface area contributed by atoms with Crippen LogP contribution in [0.25, 0.3) is 0 Å². The monoisotopic (exact) mass is 264 g/mol. The first kappa shape index (κ1) is 11.8. The van der Waals surface area contributed by atoms with Crippen LogP contribution in [0, 0.1) is 22.7 Å². The Labute approximate surface area is 116 Å². The van der Waals surface area contributed by atoms with Crippen molar-refractivity contribution in [2.75, 3.05) is 0 Å². The molecule has 4 rings (SSSR count). The zero-order valence-corrected chi connectivity index (χ0v) is 12.1. The van der Waals surface area contributed by atoms with Crippen molar-refractivity contribution >= 4 is 18.9 Å². The smallest absolute Gasteiger partial charge is 0.136 e. The third kappa shape index (κ3) is 1.19. The highest BCUT2D eigenvalue weighted by Gasteiger charge is 2.67. The topological polar surface area (TPSA) is 17.1 Å². The van der Waals surface area contributed by atoms with Gasteiger partial charge in [-0.05, 0) is 86.9 Å². The maximum atomic E-state index is 12.1. The van der Waals surface area contributed by atoms with E-state index in [-0.39, 0.29) is 15.6 Å². The predicted molar refractivity (Wildman–Crippen MR) is 75.8 cm³/mol. The Morgan fingerprint density at radius 2 is 1.28 bits per heavy atom. The third-order valence-electron chi connectivity index (χ3n) is 7.27. The summed E-state index contributed by atoms with van der Waals surface area (Å²) < 4.78 is -0.309. The minimum Gasteiger partial charge on any atom is -0.302 e. The summed E-state index contributed by atoms with van der Waals surface area (Å²) in [5.74, 6) is 1.82. The normalized spacial score (nSPS) is 52.7. The lowest BCUT2D eigenvalue weighted by Crippen LogP contribution is -2.54. The summed E-state index contributed by atoms with van der Waals surface area (Å²) in [6, 6.07) is 0. The largest absolute Gasteiger partial charge is 0.302 e. The van der Waals surface area contributed by atoms with Crippen molar-refractivity contribution in [2.45, 2.75) is 69.0 Å². The molecule has 100 valence electrons. The number of hydrogen-bond donors (Lipinski definition) is 1. The number of rotatable bonds is 3. The highest BCUT2D eigenvalue weighted by Crippen LogP contribution is 2.71. The molecule has 0 atom stereocenters. The minimum atomic E-state index is -0.309. The van der Waals surface area contributed by atoms with Gasteiger partial charge in [-0.1, -0.05) is 0 Å². The summed E-state index contributed by atoms with van der Waals surface area (Å²) in [6.07, 6.45) is 14.4. The van der Waals surface area contributed by atoms with Crippen molar-refractivity contribution in [3.05, 3.63) is 0 Å². The van der Waals surface area contributed by atoms with Crippen molar-refractivity contribution in [3.8, 4) is 0 Å². The van der Waals surface area contributed by atoms with E-state index in [0.29, 0.717) is 0 Å². The van der Waals surface area contributed by atoms with E-state index in [4.69, 9.17) is 12.6 Å². The second-order valence-corrected chi connectivity index (χ2v) is 8.45. The molecule has 0 saturated heterocycles. The Balaban J connectivity index is 1.77. The first-order chi connectivity index (χ1) is 8.63. The van der Waals surface area contributed by atoms with Gasteiger partial charge in [0.15, 0.2) is 0 Å². The lowest BCUT2D eigenvalue weighted by atomic mass is 9.59. The second kappa shape index (κ2) is 3.56. The van der Waals surface area contributed by atoms with E-state index >= 15 is 0 Å². The van der Waals surface area contributed by atoms with Crippen LogP contribution in [0.3, 0.4) is 0 Å². The number of carbonyl (C=O) groups excluding carboxylic acids is 1. The van der Waals surface area contributed by atoms with Gasteiger partial charge >= 0.3 is 0 Å². The summed E-state index contributed by atoms with van der Waals surface area (Å²) in [7, 11) is 0. The lowest BCUT2D eigenvalue weighted by molar-refractivity contribution is -0.117. The number of hydrogen-bond acceptors (Lipinski definition) is 2. The van der Waals surface area contributed by atoms with E-state index in [1.165, 1.54) is 70.5 Å². The molecule has 0 unspecified atom stereocenters. The SMILES string of the molecule is O=CC(S)(C12CCC(CC1)C2)C12CCC(CC1)C2. The molecule has 0 aromatic rings. The van der Waals surface area contributed by atoms with Crippen LogP contribution in [0.1, 0.15) is 64.2 Å². The molecule has 4 bridgehead atoms. The number of thiol groups is 1. The Morgan fingerprint density at radius 1 is 0.889 bits per heavy atom. The van der Waals surface area contributed by atoms with Gasteiger partial charge in [0, 0.05) is 0 Å². The van der Waals surface area contributed by atoms with Crippen LogP contribution in [-0.2, 0) is 4.79 Å². The second-order valence-electron chi connectivity index (χ2n) is 7.74. The number of aldehydes is 1. The van der Waals surface area contributed by atoms with Gasteiger partial charge in [-0.2, -0.15) is 12.6 Å². The van der Waals surface area contributed by atoms with Gasteiger partial charge in [0.2, 0.25) is 0 Å². The Bertz CT molecular complexity index is 343. The zero-order chi connectivity index (χ0) is 12.4. The van der Waals surface area contributed by atoms with E-state index in [2.05, 4.69) is 0 Å². The highest BCUT2D eigenvalue weighted by molar-refractivity contribution is 7.82. The molecular weight excluding hydrogens is 240 g/mol. The third-order valence-corrected chi connectivity index (χ3v) is 8.33. The minimum absolute atomic E-state index is 0.266. The van der Waals surface area contributed by atoms with Crippen molar-refractivity contribution in [1.29, 1.82) is 0 Å². The van der Waals surface area contributed by atoms with Crippen molar-refractivity contribution in [2.24, 2.45) is 22.7 Å². The van der Waals surface area contributed by atoms with Crippen LogP contribution >= 0.6 is 12.6 Å². The Kier molecular flexibility index (Phi) is 2.34. The standard InChI is InChI=1S/C16H24OS/c17-11-16(18,14-5-1-12(9-14)2-6-14)15-7-3-13(10-15)4-8-15/h11-13,18H,1-10H2. The zero-order valence-electron chi connectivity index (χ0n) is 11.2. The van der Waals surface area contributed by atoms with E-state index in [1.807, 2.05) is 0 Å². The fourth-order valence-electron chi connectivity index (χ4n) is 6.27. The summed E-state index contributed by atoms with van der Waals surface area (Å²) >= 11 is 5.13. The van der Waals surface area contributed by atoms with E-state index in [9.17, 15) is 4.79 Å². The van der Waals surface area contributed by atoms with Crippen molar-refractivity contribution in [1.82, 2.24) is 0 Å². The van der Waals surface area contributed by atoms with Crippen LogP contribution in [0.4, 0.5) is 0 Å². The van der Waals surface area contributed by atoms with Gasteiger partial charge < -0.3 is 4.79 Å². The fraction of sp³-hybridized carbons (Fsp3) is 0.938. The van der Waals surface area contributed by atoms with E-state index in [0.717, 1.165) is 11.8 Å². The molecule has 0 aliphatic heterocycles. The molecule has 0 aromatic carbocycles. The summed E-state index contributed by atoms with van der Waals surface area (Å²) in [5, 5.41) is 0. The Morgan fingerprint density at radius 3 is 1.50 bits per heavy atom. The van der Waals surface area contributed by atoms with E-state index in [1.54, 1.807) is 0 Å². The van der Waals surface area contributed by atoms with Crippen molar-refractivity contribution in [3.63, 3.8) is 0 Å². The van der Waals surface area contributed by atoms with Crippen LogP contribution in [0.2, 0.25) is 0 Å². The van der Waals surface area contributed by atoms with Gasteiger partial charge in [-0.15, -0.1) is 0 Å². The Hall–Kier alpha value is 0.0200. The number of fused-ring (bicyclic) bond motifs is 4. The average molecular weight is 264 g/mol. The van der Waals surface area contributed by atoms with Gasteiger partial charge in [-0.3, -0.25) is 0 Å². The molecule has 0 amide bonds. The molecule has 0 spiro atoms. The van der Waals surface area contributed by atoms with Crippen LogP contribution in [-0.4, -0.2) is 11.0 Å². The lowest BCUT2D eigenvalue weighted by Gasteiger charge is -2.52. The molecule has 4 fully saturated rings. The fourth-order valence-corrected chi connectivity index (χ4v) is 6.90. The first-order valence-corrected chi connectivity index (χ1v) is 8.27. The van der Waals surface area contributed by atoms with Gasteiger partial charge in [0.25, 0.3) is 0 Å². The molecule has 4 aliphatic carbocycles. The van der Waals surface area contributed by atoms with Gasteiger partial charge in [0.1, 0.15) is 6.29 Å². The van der Waals surface area contributed by atoms with Crippen LogP contribution < -0.4 is 0 Å². The summed E-state index contributed by atoms with van der Waals surface area (Å²) in [4.78, 5) is 12.1. The first-order valence-electron chi connectivity index (χ1n) is 7.82. The van der Waals surface area contributed by atoms with Crippen LogP contribution in [0.15, 0.2) is 0 Å². The van der Waals surface area contributed by atoms with Gasteiger partial charge in [-0.25, -0.2) is 0 Å². The maximum absolute atomic E-state index is 12.1. The molecule has 0 N–H and O–H groups in total. The molecule has 1 nitrogen and oxygen atoms in total. The quantitative estimate of drug-likeness (QED) is 0.602. The molecule has 2 heteroatoms. The summed E-state index contributed by atoms with van der Waals surface area (Å²) in [5.41, 5.74) is 0.531. The van der Waals surface area contributed by atoms with Gasteiger partial charge in [0.05, 0.1) is 4.75 Å². The van der Waals surface area contributed by atoms with E-state index < -0.39 is 0 Å². The summed E-state index contributed by atoms with van der Waals surface area (Å²) in [6.45, 7) is 0. The molecule has 0 aromatic heterocycles. The molecule has 0 heterocycles. The number of carbonyl (C=O) groups is 1. The molecule has 0 radical (unpaired) electrons. The molecule has 4 saturated carbocycles. The molecule has 18 heavy (non-hydrogen) atoms. The van der Waals surface area contributed by atoms with Crippen LogP contribution in [0.5, 0.6) is 0 Å². The molecule has 4 aliphatic rings. The van der Waals surface area contributed by atoms with Crippen molar-refractivity contribution < 1.29 is 4.79 Å².